The number of nitrogen functional groups attached to an aromatic ring is 1. The molecular formula is C18H15Cl2N5O2S. The van der Waals surface area contributed by atoms with E-state index in [-0.39, 0.29) is 28.9 Å². The molecule has 0 atom stereocenters. The van der Waals surface area contributed by atoms with Gasteiger partial charge in [-0.2, -0.15) is 4.68 Å². The van der Waals surface area contributed by atoms with Gasteiger partial charge < -0.3 is 11.2 Å². The van der Waals surface area contributed by atoms with E-state index in [9.17, 15) is 9.59 Å². The van der Waals surface area contributed by atoms with Crippen LogP contribution in [0.5, 0.6) is 0 Å². The van der Waals surface area contributed by atoms with Gasteiger partial charge in [-0.3, -0.25) is 9.59 Å². The molecule has 28 heavy (non-hydrogen) atoms. The van der Waals surface area contributed by atoms with Crippen LogP contribution in [0.25, 0.3) is 0 Å². The number of benzene rings is 2. The number of nitrogens with one attached hydrogen (secondary N) is 1. The number of aromatic nitrogens is 3. The zero-order valence-electron chi connectivity index (χ0n) is 14.4. The fraction of sp³-hybridized carbons (Fsp3) is 0.111. The van der Waals surface area contributed by atoms with Crippen molar-refractivity contribution in [3.63, 3.8) is 0 Å². The first-order chi connectivity index (χ1) is 13.4. The highest BCUT2D eigenvalue weighted by Gasteiger charge is 2.13. The molecule has 0 radical (unpaired) electrons. The molecule has 0 aliphatic rings. The van der Waals surface area contributed by atoms with Crippen LogP contribution < -0.4 is 16.7 Å². The van der Waals surface area contributed by atoms with Gasteiger partial charge in [0.15, 0.2) is 0 Å². The number of para-hydroxylation sites is 1. The van der Waals surface area contributed by atoms with Gasteiger partial charge in [0, 0.05) is 11.4 Å². The van der Waals surface area contributed by atoms with Crippen LogP contribution in [0.3, 0.4) is 0 Å². The van der Waals surface area contributed by atoms with Crippen LogP contribution in [-0.4, -0.2) is 26.5 Å². The Morgan fingerprint density at radius 1 is 1.11 bits per heavy atom. The number of anilines is 1. The Bertz CT molecular complexity index is 1060. The summed E-state index contributed by atoms with van der Waals surface area (Å²) in [6.07, 6.45) is 0.276. The lowest BCUT2D eigenvalue weighted by molar-refractivity contribution is -0.113. The van der Waals surface area contributed by atoms with Crippen molar-refractivity contribution in [3.05, 3.63) is 80.2 Å². The summed E-state index contributed by atoms with van der Waals surface area (Å²) in [4.78, 5) is 24.5. The van der Waals surface area contributed by atoms with Crippen LogP contribution in [0.2, 0.25) is 10.0 Å². The average Bonchev–Trinajstić information content (AvgIpc) is 2.68. The monoisotopic (exact) mass is 435 g/mol. The van der Waals surface area contributed by atoms with Gasteiger partial charge in [0.1, 0.15) is 5.69 Å². The first kappa shape index (κ1) is 20.2. The number of amides is 1. The standard InChI is InChI=1S/C18H15Cl2N5O2S/c19-12-7-5-11(6-8-12)9-15-17(27)25(21)18(24-23-15)28-10-16(26)22-14-4-2-1-3-13(14)20/h1-8H,9-10,21H2,(H,22,26). The van der Waals surface area contributed by atoms with Crippen LogP contribution >= 0.6 is 35.0 Å². The Morgan fingerprint density at radius 2 is 1.82 bits per heavy atom. The van der Waals surface area contributed by atoms with Crippen molar-refractivity contribution in [1.82, 2.24) is 14.9 Å². The lowest BCUT2D eigenvalue weighted by atomic mass is 10.1. The van der Waals surface area contributed by atoms with Gasteiger partial charge in [-0.05, 0) is 29.8 Å². The number of rotatable bonds is 6. The Hall–Kier alpha value is -2.55. The van der Waals surface area contributed by atoms with Crippen molar-refractivity contribution in [1.29, 1.82) is 0 Å². The zero-order chi connectivity index (χ0) is 20.1. The predicted molar refractivity (Wildman–Crippen MR) is 112 cm³/mol. The highest BCUT2D eigenvalue weighted by molar-refractivity contribution is 7.99. The molecule has 0 saturated heterocycles. The summed E-state index contributed by atoms with van der Waals surface area (Å²) in [5.41, 5.74) is 1.09. The van der Waals surface area contributed by atoms with Gasteiger partial charge in [0.2, 0.25) is 11.1 Å². The van der Waals surface area contributed by atoms with Crippen LogP contribution in [0.1, 0.15) is 11.3 Å². The molecule has 1 heterocycles. The molecule has 3 rings (SSSR count). The van der Waals surface area contributed by atoms with Crippen LogP contribution in [0.4, 0.5) is 5.69 Å². The fourth-order valence-electron chi connectivity index (χ4n) is 2.30. The van der Waals surface area contributed by atoms with Crippen molar-refractivity contribution in [3.8, 4) is 0 Å². The van der Waals surface area contributed by atoms with Gasteiger partial charge in [0.25, 0.3) is 5.56 Å². The van der Waals surface area contributed by atoms with E-state index in [4.69, 9.17) is 29.0 Å². The number of carbonyl (C=O) groups excluding carboxylic acids is 1. The van der Waals surface area contributed by atoms with Gasteiger partial charge in [-0.1, -0.05) is 59.2 Å². The third kappa shape index (κ3) is 5.03. The Morgan fingerprint density at radius 3 is 2.54 bits per heavy atom. The molecule has 7 nitrogen and oxygen atoms in total. The third-order valence-electron chi connectivity index (χ3n) is 3.69. The minimum atomic E-state index is -0.473. The summed E-state index contributed by atoms with van der Waals surface area (Å²) in [7, 11) is 0. The summed E-state index contributed by atoms with van der Waals surface area (Å²) in [6, 6.07) is 13.9. The van der Waals surface area contributed by atoms with Crippen molar-refractivity contribution in [2.45, 2.75) is 11.6 Å². The topological polar surface area (TPSA) is 103 Å². The summed E-state index contributed by atoms with van der Waals surface area (Å²) in [6.45, 7) is 0. The van der Waals surface area contributed by atoms with Gasteiger partial charge in [-0.15, -0.1) is 10.2 Å². The molecule has 0 aliphatic heterocycles. The second-order valence-electron chi connectivity index (χ2n) is 5.72. The average molecular weight is 436 g/mol. The lowest BCUT2D eigenvalue weighted by Gasteiger charge is -2.09. The number of nitrogens with two attached hydrogens (primary N) is 1. The first-order valence-corrected chi connectivity index (χ1v) is 9.83. The lowest BCUT2D eigenvalue weighted by Crippen LogP contribution is -2.34. The minimum absolute atomic E-state index is 0.00687. The molecule has 0 bridgehead atoms. The van der Waals surface area contributed by atoms with Crippen molar-refractivity contribution < 1.29 is 4.79 Å². The maximum atomic E-state index is 12.4. The van der Waals surface area contributed by atoms with E-state index >= 15 is 0 Å². The van der Waals surface area contributed by atoms with Crippen LogP contribution in [0, 0.1) is 0 Å². The largest absolute Gasteiger partial charge is 0.334 e. The molecule has 0 spiro atoms. The van der Waals surface area contributed by atoms with E-state index in [2.05, 4.69) is 15.5 Å². The molecule has 3 aromatic rings. The van der Waals surface area contributed by atoms with Gasteiger partial charge in [0.05, 0.1) is 16.5 Å². The second kappa shape index (κ2) is 9.09. The van der Waals surface area contributed by atoms with Crippen molar-refractivity contribution in [2.75, 3.05) is 16.9 Å². The Labute approximate surface area is 174 Å². The van der Waals surface area contributed by atoms with E-state index in [0.29, 0.717) is 15.7 Å². The number of carbonyl (C=O) groups is 1. The number of hydrogen-bond donors (Lipinski definition) is 2. The number of hydrogen-bond acceptors (Lipinski definition) is 6. The summed E-state index contributed by atoms with van der Waals surface area (Å²) >= 11 is 12.9. The SMILES string of the molecule is Nn1c(SCC(=O)Nc2ccccc2Cl)nnc(Cc2ccc(Cl)cc2)c1=O. The molecule has 1 aromatic heterocycles. The molecule has 0 saturated carbocycles. The van der Waals surface area contributed by atoms with Gasteiger partial charge >= 0.3 is 0 Å². The molecule has 1 amide bonds. The maximum absolute atomic E-state index is 12.4. The van der Waals surface area contributed by atoms with E-state index in [1.807, 2.05) is 0 Å². The molecule has 144 valence electrons. The van der Waals surface area contributed by atoms with Crippen molar-refractivity contribution >= 4 is 46.6 Å². The molecule has 10 heteroatoms. The summed E-state index contributed by atoms with van der Waals surface area (Å²) in [5, 5.41) is 11.8. The zero-order valence-corrected chi connectivity index (χ0v) is 16.8. The molecule has 0 aliphatic carbocycles. The number of nitrogens with zero attached hydrogens (tertiary/aromatic N) is 3. The predicted octanol–water partition coefficient (Wildman–Crippen LogP) is 2.98. The summed E-state index contributed by atoms with van der Waals surface area (Å²) < 4.78 is 0.895. The van der Waals surface area contributed by atoms with Crippen molar-refractivity contribution in [2.24, 2.45) is 0 Å². The van der Waals surface area contributed by atoms with Crippen LogP contribution in [-0.2, 0) is 11.2 Å². The Kier molecular flexibility index (Phi) is 6.56. The highest BCUT2D eigenvalue weighted by atomic mass is 35.5. The quantitative estimate of drug-likeness (QED) is 0.455. The number of thioether (sulfide) groups is 1. The summed E-state index contributed by atoms with van der Waals surface area (Å²) in [5.74, 6) is 5.52. The Balaban J connectivity index is 1.65. The van der Waals surface area contributed by atoms with Gasteiger partial charge in [-0.25, -0.2) is 0 Å². The highest BCUT2D eigenvalue weighted by Crippen LogP contribution is 2.21. The molecular weight excluding hydrogens is 421 g/mol. The smallest absolute Gasteiger partial charge is 0.294 e. The molecule has 0 unspecified atom stereocenters. The van der Waals surface area contributed by atoms with E-state index in [0.717, 1.165) is 22.0 Å². The second-order valence-corrected chi connectivity index (χ2v) is 7.51. The molecule has 3 N–H and O–H groups in total. The normalized spacial score (nSPS) is 10.6. The molecule has 0 fully saturated rings. The van der Waals surface area contributed by atoms with Crippen LogP contribution in [0.15, 0.2) is 58.5 Å². The molecule has 2 aromatic carbocycles. The van der Waals surface area contributed by atoms with E-state index < -0.39 is 5.56 Å². The maximum Gasteiger partial charge on any atom is 0.294 e. The van der Waals surface area contributed by atoms with E-state index in [1.54, 1.807) is 48.5 Å². The minimum Gasteiger partial charge on any atom is -0.334 e. The third-order valence-corrected chi connectivity index (χ3v) is 5.22. The fourth-order valence-corrected chi connectivity index (χ4v) is 3.27. The van der Waals surface area contributed by atoms with E-state index in [1.165, 1.54) is 0 Å². The number of halogens is 2. The first-order valence-electron chi connectivity index (χ1n) is 8.09.